The van der Waals surface area contributed by atoms with Crippen LogP contribution in [0.25, 0.3) is 11.0 Å². The molecule has 1 N–H and O–H groups in total. The Labute approximate surface area is 180 Å². The van der Waals surface area contributed by atoms with Crippen LogP contribution in [0, 0.1) is 27.7 Å². The zero-order valence-electron chi connectivity index (χ0n) is 18.4. The maximum atomic E-state index is 12.5. The van der Waals surface area contributed by atoms with Crippen LogP contribution in [0.3, 0.4) is 0 Å². The third kappa shape index (κ3) is 4.94. The topological polar surface area (TPSA) is 88.9 Å². The molecule has 162 valence electrons. The predicted octanol–water partition coefficient (Wildman–Crippen LogP) is 3.50. The lowest BCUT2D eigenvalue weighted by Crippen LogP contribution is -2.37. The Morgan fingerprint density at radius 1 is 1.03 bits per heavy atom. The molecule has 0 atom stereocenters. The number of hydrogen-bond donors (Lipinski definition) is 1. The van der Waals surface area contributed by atoms with E-state index >= 15 is 0 Å². The van der Waals surface area contributed by atoms with Crippen molar-refractivity contribution >= 4 is 28.5 Å². The molecule has 0 spiro atoms. The van der Waals surface area contributed by atoms with Gasteiger partial charge in [-0.3, -0.25) is 9.59 Å². The number of nitrogens with zero attached hydrogens (tertiary/aromatic N) is 1. The van der Waals surface area contributed by atoms with Gasteiger partial charge in [0.05, 0.1) is 6.54 Å². The number of para-hydroxylation sites is 1. The van der Waals surface area contributed by atoms with E-state index in [-0.39, 0.29) is 25.0 Å². The molecule has 7 nitrogen and oxygen atoms in total. The van der Waals surface area contributed by atoms with Crippen molar-refractivity contribution in [2.75, 3.05) is 25.5 Å². The van der Waals surface area contributed by atoms with Gasteiger partial charge in [0.15, 0.2) is 6.61 Å². The zero-order valence-corrected chi connectivity index (χ0v) is 18.4. The molecule has 2 aromatic carbocycles. The van der Waals surface area contributed by atoms with Crippen molar-refractivity contribution in [3.63, 3.8) is 0 Å². The van der Waals surface area contributed by atoms with Crippen LogP contribution in [-0.4, -0.2) is 36.9 Å². The van der Waals surface area contributed by atoms with Crippen LogP contribution in [0.5, 0.6) is 5.75 Å². The van der Waals surface area contributed by atoms with Crippen molar-refractivity contribution in [1.82, 2.24) is 4.90 Å². The van der Waals surface area contributed by atoms with Gasteiger partial charge in [-0.05, 0) is 56.5 Å². The minimum Gasteiger partial charge on any atom is -0.483 e. The number of ether oxygens (including phenoxy) is 1. The van der Waals surface area contributed by atoms with E-state index < -0.39 is 5.63 Å². The van der Waals surface area contributed by atoms with E-state index in [0.29, 0.717) is 16.9 Å². The number of amides is 2. The van der Waals surface area contributed by atoms with E-state index in [1.165, 1.54) is 11.0 Å². The van der Waals surface area contributed by atoms with Gasteiger partial charge in [-0.15, -0.1) is 0 Å². The lowest BCUT2D eigenvalue weighted by Gasteiger charge is -2.19. The monoisotopic (exact) mass is 422 g/mol. The highest BCUT2D eigenvalue weighted by Crippen LogP contribution is 2.28. The Bertz CT molecular complexity index is 1190. The van der Waals surface area contributed by atoms with Crippen molar-refractivity contribution in [1.29, 1.82) is 0 Å². The molecule has 3 rings (SSSR count). The predicted molar refractivity (Wildman–Crippen MR) is 120 cm³/mol. The summed E-state index contributed by atoms with van der Waals surface area (Å²) in [7, 11) is 1.55. The molecular weight excluding hydrogens is 396 g/mol. The molecule has 0 bridgehead atoms. The fraction of sp³-hybridized carbons (Fsp3) is 0.292. The Morgan fingerprint density at radius 3 is 2.39 bits per heavy atom. The zero-order chi connectivity index (χ0) is 22.7. The molecule has 0 saturated carbocycles. The van der Waals surface area contributed by atoms with Crippen LogP contribution in [-0.2, 0) is 9.59 Å². The first kappa shape index (κ1) is 22.1. The molecule has 1 heterocycles. The number of anilines is 1. The van der Waals surface area contributed by atoms with Crippen molar-refractivity contribution in [2.45, 2.75) is 27.7 Å². The minimum absolute atomic E-state index is 0.0965. The summed E-state index contributed by atoms with van der Waals surface area (Å²) in [6.07, 6.45) is 0. The van der Waals surface area contributed by atoms with Gasteiger partial charge in [-0.1, -0.05) is 18.2 Å². The van der Waals surface area contributed by atoms with Gasteiger partial charge in [0.2, 0.25) is 5.91 Å². The SMILES string of the molecule is Cc1cccc(C)c1NC(=O)CN(C)C(=O)COc1ccc2c(C)cc(=O)oc2c1C. The summed E-state index contributed by atoms with van der Waals surface area (Å²) < 4.78 is 11.0. The minimum atomic E-state index is -0.434. The van der Waals surface area contributed by atoms with Gasteiger partial charge in [0, 0.05) is 29.8 Å². The van der Waals surface area contributed by atoms with E-state index in [9.17, 15) is 14.4 Å². The molecule has 1 aromatic heterocycles. The quantitative estimate of drug-likeness (QED) is 0.614. The van der Waals surface area contributed by atoms with Crippen molar-refractivity contribution < 1.29 is 18.7 Å². The van der Waals surface area contributed by atoms with Gasteiger partial charge < -0.3 is 19.4 Å². The van der Waals surface area contributed by atoms with E-state index in [1.807, 2.05) is 39.0 Å². The number of rotatable bonds is 6. The number of carbonyl (C=O) groups excluding carboxylic acids is 2. The molecule has 0 aliphatic heterocycles. The molecule has 0 aliphatic rings. The first-order chi connectivity index (χ1) is 14.7. The molecule has 31 heavy (non-hydrogen) atoms. The van der Waals surface area contributed by atoms with E-state index in [0.717, 1.165) is 27.8 Å². The highest BCUT2D eigenvalue weighted by molar-refractivity contribution is 5.95. The molecule has 0 fully saturated rings. The second kappa shape index (κ2) is 9.04. The summed E-state index contributed by atoms with van der Waals surface area (Å²) in [5, 5.41) is 3.68. The molecule has 0 aliphatic carbocycles. The fourth-order valence-corrected chi connectivity index (χ4v) is 3.40. The van der Waals surface area contributed by atoms with Crippen LogP contribution in [0.1, 0.15) is 22.3 Å². The number of likely N-dealkylation sites (N-methyl/N-ethyl adjacent to an activating group) is 1. The van der Waals surface area contributed by atoms with Gasteiger partial charge in [0.25, 0.3) is 5.91 Å². The van der Waals surface area contributed by atoms with E-state index in [2.05, 4.69) is 5.32 Å². The summed E-state index contributed by atoms with van der Waals surface area (Å²) in [6.45, 7) is 7.10. The average Bonchev–Trinajstić information content (AvgIpc) is 2.70. The van der Waals surface area contributed by atoms with E-state index in [1.54, 1.807) is 26.1 Å². The number of benzene rings is 2. The second-order valence-corrected chi connectivity index (χ2v) is 7.67. The standard InChI is InChI=1S/C24H26N2O5/c1-14-7-6-8-15(2)23(14)25-20(27)12-26(5)21(28)13-30-19-10-9-18-16(3)11-22(29)31-24(18)17(19)4/h6-11H,12-13H2,1-5H3,(H,25,27). The van der Waals surface area contributed by atoms with Crippen molar-refractivity contribution in [2.24, 2.45) is 0 Å². The highest BCUT2D eigenvalue weighted by Gasteiger charge is 2.16. The Morgan fingerprint density at radius 2 is 1.71 bits per heavy atom. The largest absolute Gasteiger partial charge is 0.483 e. The summed E-state index contributed by atoms with van der Waals surface area (Å²) in [5.74, 6) is -0.183. The second-order valence-electron chi connectivity index (χ2n) is 7.67. The summed E-state index contributed by atoms with van der Waals surface area (Å²) in [6, 6.07) is 10.7. The summed E-state index contributed by atoms with van der Waals surface area (Å²) in [4.78, 5) is 37.9. The molecule has 0 unspecified atom stereocenters. The molecular formula is C24H26N2O5. The van der Waals surface area contributed by atoms with Gasteiger partial charge in [-0.2, -0.15) is 0 Å². The van der Waals surface area contributed by atoms with Gasteiger partial charge >= 0.3 is 5.63 Å². The van der Waals surface area contributed by atoms with Crippen molar-refractivity contribution in [3.05, 3.63) is 69.1 Å². The Balaban J connectivity index is 1.63. The first-order valence-electron chi connectivity index (χ1n) is 9.94. The number of hydrogen-bond acceptors (Lipinski definition) is 5. The molecule has 2 amide bonds. The average molecular weight is 422 g/mol. The third-order valence-electron chi connectivity index (χ3n) is 5.22. The van der Waals surface area contributed by atoms with E-state index in [4.69, 9.17) is 9.15 Å². The number of nitrogens with one attached hydrogen (secondary N) is 1. The van der Waals surface area contributed by atoms with Crippen LogP contribution >= 0.6 is 0 Å². The maximum Gasteiger partial charge on any atom is 0.336 e. The van der Waals surface area contributed by atoms with Crippen LogP contribution in [0.4, 0.5) is 5.69 Å². The van der Waals surface area contributed by atoms with Crippen LogP contribution < -0.4 is 15.7 Å². The molecule has 3 aromatic rings. The fourth-order valence-electron chi connectivity index (χ4n) is 3.40. The molecule has 0 radical (unpaired) electrons. The van der Waals surface area contributed by atoms with Gasteiger partial charge in [-0.25, -0.2) is 4.79 Å². The molecule has 0 saturated heterocycles. The lowest BCUT2D eigenvalue weighted by molar-refractivity contribution is -0.135. The Kier molecular flexibility index (Phi) is 6.44. The first-order valence-corrected chi connectivity index (χ1v) is 9.94. The Hall–Kier alpha value is -3.61. The van der Waals surface area contributed by atoms with Crippen LogP contribution in [0.15, 0.2) is 45.6 Å². The highest BCUT2D eigenvalue weighted by atomic mass is 16.5. The molecule has 7 heteroatoms. The van der Waals surface area contributed by atoms with Crippen LogP contribution in [0.2, 0.25) is 0 Å². The summed E-state index contributed by atoms with van der Waals surface area (Å²) in [5.41, 5.74) is 4.13. The smallest absolute Gasteiger partial charge is 0.336 e. The third-order valence-corrected chi connectivity index (χ3v) is 5.22. The number of aryl methyl sites for hydroxylation is 4. The summed E-state index contributed by atoms with van der Waals surface area (Å²) >= 11 is 0. The number of carbonyl (C=O) groups is 2. The van der Waals surface area contributed by atoms with Gasteiger partial charge in [0.1, 0.15) is 11.3 Å². The normalized spacial score (nSPS) is 10.7. The maximum absolute atomic E-state index is 12.5. The lowest BCUT2D eigenvalue weighted by atomic mass is 10.1. The van der Waals surface area contributed by atoms with Crippen molar-refractivity contribution in [3.8, 4) is 5.75 Å². The number of fused-ring (bicyclic) bond motifs is 1.